The lowest BCUT2D eigenvalue weighted by molar-refractivity contribution is -0.128. The Balaban J connectivity index is 0.000000211. The van der Waals surface area contributed by atoms with E-state index in [1.54, 1.807) is 0 Å². The molecule has 0 amide bonds. The fourth-order valence-corrected chi connectivity index (χ4v) is 0.901. The SMILES string of the molecule is C1CCNC1.CCCCOC=O. The Labute approximate surface area is 74.5 Å². The standard InChI is InChI=1S/C5H10O2.C4H9N/c1-2-3-4-7-5-6;1-2-4-5-3-1/h5H,2-4H2,1H3;5H,1-4H2. The van der Waals surface area contributed by atoms with Crippen molar-refractivity contribution in [1.29, 1.82) is 0 Å². The fraction of sp³-hybridized carbons (Fsp3) is 0.889. The zero-order chi connectivity index (χ0) is 9.07. The van der Waals surface area contributed by atoms with Crippen molar-refractivity contribution in [3.05, 3.63) is 0 Å². The number of nitrogens with one attached hydrogen (secondary N) is 1. The number of rotatable bonds is 4. The maximum atomic E-state index is 9.46. The maximum Gasteiger partial charge on any atom is 0.293 e. The predicted octanol–water partition coefficient (Wildman–Crippen LogP) is 1.33. The second-order valence-corrected chi connectivity index (χ2v) is 2.78. The molecule has 3 heteroatoms. The summed E-state index contributed by atoms with van der Waals surface area (Å²) in [6.45, 7) is 5.60. The van der Waals surface area contributed by atoms with Gasteiger partial charge in [0, 0.05) is 0 Å². The van der Waals surface area contributed by atoms with Gasteiger partial charge in [-0.1, -0.05) is 13.3 Å². The Morgan fingerprint density at radius 2 is 2.08 bits per heavy atom. The van der Waals surface area contributed by atoms with Crippen LogP contribution in [-0.4, -0.2) is 26.2 Å². The van der Waals surface area contributed by atoms with Crippen LogP contribution in [0.15, 0.2) is 0 Å². The predicted molar refractivity (Wildman–Crippen MR) is 49.0 cm³/mol. The van der Waals surface area contributed by atoms with Crippen LogP contribution in [0.3, 0.4) is 0 Å². The molecule has 0 aromatic rings. The summed E-state index contributed by atoms with van der Waals surface area (Å²) in [6.07, 6.45) is 4.83. The number of unbranched alkanes of at least 4 members (excludes halogenated alkanes) is 1. The lowest BCUT2D eigenvalue weighted by Crippen LogP contribution is -2.03. The summed E-state index contributed by atoms with van der Waals surface area (Å²) in [7, 11) is 0. The Kier molecular flexibility index (Phi) is 9.93. The summed E-state index contributed by atoms with van der Waals surface area (Å²) in [5.74, 6) is 0. The number of carbonyl (C=O) groups excluding carboxylic acids is 1. The molecule has 0 radical (unpaired) electrons. The molecule has 1 rings (SSSR count). The average Bonchev–Trinajstić information content (AvgIpc) is 2.62. The Bertz CT molecular complexity index is 84.9. The van der Waals surface area contributed by atoms with Crippen molar-refractivity contribution in [3.8, 4) is 0 Å². The van der Waals surface area contributed by atoms with Gasteiger partial charge in [-0.25, -0.2) is 0 Å². The maximum absolute atomic E-state index is 9.46. The van der Waals surface area contributed by atoms with Gasteiger partial charge in [-0.15, -0.1) is 0 Å². The van der Waals surface area contributed by atoms with Gasteiger partial charge in [0.2, 0.25) is 0 Å². The molecule has 12 heavy (non-hydrogen) atoms. The lowest BCUT2D eigenvalue weighted by atomic mass is 10.4. The van der Waals surface area contributed by atoms with E-state index in [9.17, 15) is 4.79 Å². The van der Waals surface area contributed by atoms with Crippen LogP contribution in [0.4, 0.5) is 0 Å². The van der Waals surface area contributed by atoms with Crippen LogP contribution in [0.25, 0.3) is 0 Å². The van der Waals surface area contributed by atoms with Crippen LogP contribution < -0.4 is 5.32 Å². The van der Waals surface area contributed by atoms with Crippen molar-refractivity contribution >= 4 is 6.47 Å². The number of hydrogen-bond donors (Lipinski definition) is 1. The van der Waals surface area contributed by atoms with Crippen LogP contribution in [-0.2, 0) is 9.53 Å². The summed E-state index contributed by atoms with van der Waals surface area (Å²) in [4.78, 5) is 9.46. The molecular formula is C9H19NO2. The normalized spacial score (nSPS) is 14.8. The van der Waals surface area contributed by atoms with E-state index in [2.05, 4.69) is 10.1 Å². The van der Waals surface area contributed by atoms with Crippen LogP contribution in [0.1, 0.15) is 32.6 Å². The van der Waals surface area contributed by atoms with E-state index in [4.69, 9.17) is 0 Å². The van der Waals surface area contributed by atoms with Crippen LogP contribution in [0.5, 0.6) is 0 Å². The Morgan fingerprint density at radius 3 is 2.42 bits per heavy atom. The number of carbonyl (C=O) groups is 1. The van der Waals surface area contributed by atoms with Crippen molar-refractivity contribution in [3.63, 3.8) is 0 Å². The minimum atomic E-state index is 0.482. The summed E-state index contributed by atoms with van der Waals surface area (Å²) in [6, 6.07) is 0. The third kappa shape index (κ3) is 9.43. The zero-order valence-electron chi connectivity index (χ0n) is 7.84. The van der Waals surface area contributed by atoms with Crippen LogP contribution in [0, 0.1) is 0 Å². The molecule has 1 N–H and O–H groups in total. The van der Waals surface area contributed by atoms with Crippen molar-refractivity contribution in [2.45, 2.75) is 32.6 Å². The van der Waals surface area contributed by atoms with Crippen molar-refractivity contribution < 1.29 is 9.53 Å². The van der Waals surface area contributed by atoms with Gasteiger partial charge >= 0.3 is 0 Å². The summed E-state index contributed by atoms with van der Waals surface area (Å²) >= 11 is 0. The summed E-state index contributed by atoms with van der Waals surface area (Å²) in [5, 5.41) is 3.22. The topological polar surface area (TPSA) is 38.3 Å². The second kappa shape index (κ2) is 10.4. The van der Waals surface area contributed by atoms with Crippen molar-refractivity contribution in [2.75, 3.05) is 19.7 Å². The van der Waals surface area contributed by atoms with Crippen molar-refractivity contribution in [2.24, 2.45) is 0 Å². The molecule has 1 aliphatic heterocycles. The molecule has 1 fully saturated rings. The molecule has 0 aromatic carbocycles. The van der Waals surface area contributed by atoms with Crippen LogP contribution in [0.2, 0.25) is 0 Å². The molecule has 0 bridgehead atoms. The smallest absolute Gasteiger partial charge is 0.293 e. The molecule has 0 atom stereocenters. The first-order valence-electron chi connectivity index (χ1n) is 4.67. The highest BCUT2D eigenvalue weighted by atomic mass is 16.5. The molecule has 72 valence electrons. The molecule has 1 saturated heterocycles. The third-order valence-electron chi connectivity index (χ3n) is 1.64. The molecule has 0 saturated carbocycles. The van der Waals surface area contributed by atoms with E-state index in [-0.39, 0.29) is 0 Å². The fourth-order valence-electron chi connectivity index (χ4n) is 0.901. The second-order valence-electron chi connectivity index (χ2n) is 2.78. The first-order chi connectivity index (χ1) is 5.91. The quantitative estimate of drug-likeness (QED) is 0.515. The van der Waals surface area contributed by atoms with Gasteiger partial charge < -0.3 is 10.1 Å². The monoisotopic (exact) mass is 173 g/mol. The average molecular weight is 173 g/mol. The van der Waals surface area contributed by atoms with Gasteiger partial charge in [-0.2, -0.15) is 0 Å². The Hall–Kier alpha value is -0.570. The Morgan fingerprint density at radius 1 is 1.42 bits per heavy atom. The van der Waals surface area contributed by atoms with Gasteiger partial charge in [0.15, 0.2) is 0 Å². The molecule has 1 aliphatic rings. The molecule has 1 heterocycles. The largest absolute Gasteiger partial charge is 0.468 e. The summed E-state index contributed by atoms with van der Waals surface area (Å²) in [5.41, 5.74) is 0. The molecule has 0 unspecified atom stereocenters. The summed E-state index contributed by atoms with van der Waals surface area (Å²) < 4.78 is 4.39. The van der Waals surface area contributed by atoms with E-state index in [1.807, 2.05) is 6.92 Å². The molecule has 0 aliphatic carbocycles. The van der Waals surface area contributed by atoms with Crippen LogP contribution >= 0.6 is 0 Å². The number of hydrogen-bond acceptors (Lipinski definition) is 3. The highest BCUT2D eigenvalue weighted by Crippen LogP contribution is 1.90. The first-order valence-corrected chi connectivity index (χ1v) is 4.67. The lowest BCUT2D eigenvalue weighted by Gasteiger charge is -1.90. The minimum Gasteiger partial charge on any atom is -0.468 e. The van der Waals surface area contributed by atoms with Crippen molar-refractivity contribution in [1.82, 2.24) is 5.32 Å². The molecule has 3 nitrogen and oxygen atoms in total. The minimum absolute atomic E-state index is 0.482. The van der Waals surface area contributed by atoms with Gasteiger partial charge in [0.25, 0.3) is 6.47 Å². The molecule has 0 aromatic heterocycles. The third-order valence-corrected chi connectivity index (χ3v) is 1.64. The van der Waals surface area contributed by atoms with Gasteiger partial charge in [-0.05, 0) is 32.4 Å². The highest BCUT2D eigenvalue weighted by Gasteiger charge is 1.93. The van der Waals surface area contributed by atoms with E-state index >= 15 is 0 Å². The number of ether oxygens (including phenoxy) is 1. The van der Waals surface area contributed by atoms with E-state index in [0.29, 0.717) is 13.1 Å². The van der Waals surface area contributed by atoms with E-state index in [0.717, 1.165) is 12.8 Å². The first kappa shape index (κ1) is 11.4. The highest BCUT2D eigenvalue weighted by molar-refractivity contribution is 5.36. The molecule has 0 spiro atoms. The molecular weight excluding hydrogens is 154 g/mol. The van der Waals surface area contributed by atoms with Gasteiger partial charge in [0.1, 0.15) is 0 Å². The zero-order valence-corrected chi connectivity index (χ0v) is 7.84. The van der Waals surface area contributed by atoms with E-state index < -0.39 is 0 Å². The van der Waals surface area contributed by atoms with Gasteiger partial charge in [-0.3, -0.25) is 4.79 Å². The van der Waals surface area contributed by atoms with Gasteiger partial charge in [0.05, 0.1) is 6.61 Å². The van der Waals surface area contributed by atoms with E-state index in [1.165, 1.54) is 25.9 Å².